The second-order valence-electron chi connectivity index (χ2n) is 8.13. The van der Waals surface area contributed by atoms with Gasteiger partial charge in [0.2, 0.25) is 5.91 Å². The lowest BCUT2D eigenvalue weighted by Crippen LogP contribution is -2.49. The summed E-state index contributed by atoms with van der Waals surface area (Å²) in [6.07, 6.45) is 4.27. The minimum Gasteiger partial charge on any atom is -0.313 e. The summed E-state index contributed by atoms with van der Waals surface area (Å²) in [5, 5.41) is 0. The summed E-state index contributed by atoms with van der Waals surface area (Å²) in [5.41, 5.74) is 0.952. The van der Waals surface area contributed by atoms with Gasteiger partial charge >= 0.3 is 6.03 Å². The fourth-order valence-corrected chi connectivity index (χ4v) is 4.59. The summed E-state index contributed by atoms with van der Waals surface area (Å²) in [6.45, 7) is 0.131. The zero-order chi connectivity index (χ0) is 21.1. The molecule has 0 aromatic heterocycles. The Kier molecular flexibility index (Phi) is 5.57. The highest BCUT2D eigenvalue weighted by atomic mass is 16.2. The first-order valence-corrected chi connectivity index (χ1v) is 10.5. The maximum atomic E-state index is 13.3. The van der Waals surface area contributed by atoms with Gasteiger partial charge in [-0.15, -0.1) is 0 Å². The van der Waals surface area contributed by atoms with Gasteiger partial charge in [-0.1, -0.05) is 67.8 Å². The van der Waals surface area contributed by atoms with Crippen LogP contribution in [0.3, 0.4) is 0 Å². The van der Waals surface area contributed by atoms with Gasteiger partial charge in [0.05, 0.1) is 6.54 Å². The maximum Gasteiger partial charge on any atom is 0.327 e. The monoisotopic (exact) mass is 405 g/mol. The minimum absolute atomic E-state index is 0.226. The van der Waals surface area contributed by atoms with Gasteiger partial charge in [0, 0.05) is 12.7 Å². The summed E-state index contributed by atoms with van der Waals surface area (Å²) in [4.78, 5) is 43.8. The lowest BCUT2D eigenvalue weighted by molar-refractivity contribution is -0.136. The molecule has 1 spiro atoms. The van der Waals surface area contributed by atoms with Crippen LogP contribution in [0, 0.1) is 0 Å². The molecule has 4 amide bonds. The number of carbonyl (C=O) groups is 3. The van der Waals surface area contributed by atoms with Crippen LogP contribution in [0.4, 0.5) is 10.5 Å². The molecule has 6 nitrogen and oxygen atoms in total. The van der Waals surface area contributed by atoms with E-state index >= 15 is 0 Å². The van der Waals surface area contributed by atoms with E-state index in [1.807, 2.05) is 60.7 Å². The van der Waals surface area contributed by atoms with Crippen LogP contribution in [0.2, 0.25) is 0 Å². The summed E-state index contributed by atoms with van der Waals surface area (Å²) < 4.78 is 0. The quantitative estimate of drug-likeness (QED) is 0.711. The predicted octanol–water partition coefficient (Wildman–Crippen LogP) is 3.82. The van der Waals surface area contributed by atoms with Crippen molar-refractivity contribution >= 4 is 23.5 Å². The molecule has 156 valence electrons. The zero-order valence-corrected chi connectivity index (χ0v) is 17.3. The summed E-state index contributed by atoms with van der Waals surface area (Å²) in [6, 6.07) is 18.7. The highest BCUT2D eigenvalue weighted by Gasteiger charge is 2.56. The van der Waals surface area contributed by atoms with Crippen molar-refractivity contribution in [3.05, 3.63) is 66.2 Å². The molecule has 0 radical (unpaired) electrons. The molecule has 2 fully saturated rings. The van der Waals surface area contributed by atoms with Gasteiger partial charge in [-0.25, -0.2) is 4.79 Å². The Bertz CT molecular complexity index is 923. The molecule has 6 heteroatoms. The molecule has 2 aromatic rings. The first-order valence-electron chi connectivity index (χ1n) is 10.5. The molecular formula is C24H27N3O3. The van der Waals surface area contributed by atoms with Crippen LogP contribution < -0.4 is 4.90 Å². The van der Waals surface area contributed by atoms with Crippen LogP contribution >= 0.6 is 0 Å². The number of likely N-dealkylation sites (N-methyl/N-ethyl adjacent to an activating group) is 1. The molecule has 0 N–H and O–H groups in total. The highest BCUT2D eigenvalue weighted by molar-refractivity contribution is 6.10. The van der Waals surface area contributed by atoms with Crippen molar-refractivity contribution < 1.29 is 14.4 Å². The molecular weight excluding hydrogens is 378 g/mol. The Hall–Kier alpha value is -3.15. The molecule has 1 saturated heterocycles. The Labute approximate surface area is 177 Å². The molecule has 2 aromatic carbocycles. The molecule has 0 atom stereocenters. The molecule has 2 aliphatic rings. The highest BCUT2D eigenvalue weighted by Crippen LogP contribution is 2.39. The van der Waals surface area contributed by atoms with E-state index in [1.165, 1.54) is 0 Å². The summed E-state index contributed by atoms with van der Waals surface area (Å²) in [5.74, 6) is -0.496. The van der Waals surface area contributed by atoms with E-state index in [1.54, 1.807) is 16.8 Å². The number of benzene rings is 2. The van der Waals surface area contributed by atoms with Gasteiger partial charge in [0.25, 0.3) is 5.91 Å². The number of carbonyl (C=O) groups excluding carboxylic acids is 3. The third kappa shape index (κ3) is 3.58. The number of amides is 4. The van der Waals surface area contributed by atoms with Gasteiger partial charge < -0.3 is 9.80 Å². The molecule has 1 heterocycles. The molecule has 1 saturated carbocycles. The van der Waals surface area contributed by atoms with E-state index in [2.05, 4.69) is 0 Å². The summed E-state index contributed by atoms with van der Waals surface area (Å²) in [7, 11) is 1.69. The molecule has 4 rings (SSSR count). The van der Waals surface area contributed by atoms with Gasteiger partial charge in [-0.05, 0) is 30.5 Å². The van der Waals surface area contributed by atoms with Crippen molar-refractivity contribution in [3.63, 3.8) is 0 Å². The smallest absolute Gasteiger partial charge is 0.313 e. The standard InChI is InChI=1S/C24H27N3O3/c1-25-23(30)27(22(29)24(25)15-9-4-10-16-24)18-21(28)26(20-13-7-3-8-14-20)17-19-11-5-2-6-12-19/h2-3,5-8,11-14H,4,9-10,15-18H2,1H3. The fraction of sp³-hybridized carbons (Fsp3) is 0.375. The number of hydrogen-bond donors (Lipinski definition) is 0. The maximum absolute atomic E-state index is 13.3. The largest absolute Gasteiger partial charge is 0.327 e. The van der Waals surface area contributed by atoms with Crippen molar-refractivity contribution in [1.82, 2.24) is 9.80 Å². The van der Waals surface area contributed by atoms with Gasteiger partial charge in [0.1, 0.15) is 12.1 Å². The first-order chi connectivity index (χ1) is 14.5. The second-order valence-corrected chi connectivity index (χ2v) is 8.13. The van der Waals surface area contributed by atoms with Crippen LogP contribution in [0.25, 0.3) is 0 Å². The topological polar surface area (TPSA) is 60.9 Å². The van der Waals surface area contributed by atoms with E-state index < -0.39 is 5.54 Å². The Morgan fingerprint density at radius 1 is 0.933 bits per heavy atom. The van der Waals surface area contributed by atoms with Crippen LogP contribution in [0.5, 0.6) is 0 Å². The van der Waals surface area contributed by atoms with Crippen molar-refractivity contribution in [1.29, 1.82) is 0 Å². The lowest BCUT2D eigenvalue weighted by Gasteiger charge is -2.35. The Morgan fingerprint density at radius 2 is 1.53 bits per heavy atom. The van der Waals surface area contributed by atoms with Crippen molar-refractivity contribution in [3.8, 4) is 0 Å². The van der Waals surface area contributed by atoms with Crippen LogP contribution in [-0.4, -0.2) is 46.8 Å². The Balaban J connectivity index is 1.58. The average molecular weight is 405 g/mol. The SMILES string of the molecule is CN1C(=O)N(CC(=O)N(Cc2ccccc2)c2ccccc2)C(=O)C12CCCCC2. The van der Waals surface area contributed by atoms with Crippen LogP contribution in [0.15, 0.2) is 60.7 Å². The number of rotatable bonds is 5. The third-order valence-electron chi connectivity index (χ3n) is 6.33. The number of para-hydroxylation sites is 1. The van der Waals surface area contributed by atoms with Crippen molar-refractivity contribution in [2.75, 3.05) is 18.5 Å². The third-order valence-corrected chi connectivity index (χ3v) is 6.33. The number of nitrogens with zero attached hydrogens (tertiary/aromatic N) is 3. The average Bonchev–Trinajstić information content (AvgIpc) is 2.95. The van der Waals surface area contributed by atoms with E-state index in [0.29, 0.717) is 19.4 Å². The Morgan fingerprint density at radius 3 is 2.17 bits per heavy atom. The number of urea groups is 1. The van der Waals surface area contributed by atoms with E-state index in [-0.39, 0.29) is 24.4 Å². The van der Waals surface area contributed by atoms with E-state index in [9.17, 15) is 14.4 Å². The van der Waals surface area contributed by atoms with Crippen molar-refractivity contribution in [2.24, 2.45) is 0 Å². The van der Waals surface area contributed by atoms with Gasteiger partial charge in [-0.2, -0.15) is 0 Å². The number of hydrogen-bond acceptors (Lipinski definition) is 3. The second kappa shape index (κ2) is 8.30. The molecule has 0 unspecified atom stereocenters. The molecule has 1 aliphatic heterocycles. The minimum atomic E-state index is -0.771. The first kappa shape index (κ1) is 20.1. The van der Waals surface area contributed by atoms with Crippen LogP contribution in [-0.2, 0) is 16.1 Å². The fourth-order valence-electron chi connectivity index (χ4n) is 4.59. The normalized spacial score (nSPS) is 18.2. The van der Waals surface area contributed by atoms with Crippen molar-refractivity contribution in [2.45, 2.75) is 44.2 Å². The lowest BCUT2D eigenvalue weighted by atomic mass is 9.81. The molecule has 1 aliphatic carbocycles. The molecule has 0 bridgehead atoms. The summed E-state index contributed by atoms with van der Waals surface area (Å²) >= 11 is 0. The predicted molar refractivity (Wildman–Crippen MR) is 115 cm³/mol. The number of anilines is 1. The zero-order valence-electron chi connectivity index (χ0n) is 17.3. The van der Waals surface area contributed by atoms with E-state index in [0.717, 1.165) is 35.4 Å². The van der Waals surface area contributed by atoms with Gasteiger partial charge in [0.15, 0.2) is 0 Å². The van der Waals surface area contributed by atoms with Gasteiger partial charge in [-0.3, -0.25) is 14.5 Å². The molecule has 30 heavy (non-hydrogen) atoms. The number of imide groups is 1. The van der Waals surface area contributed by atoms with Crippen LogP contribution in [0.1, 0.15) is 37.7 Å². The van der Waals surface area contributed by atoms with E-state index in [4.69, 9.17) is 0 Å².